The van der Waals surface area contributed by atoms with Crippen LogP contribution in [0.25, 0.3) is 11.3 Å². The standard InChI is InChI=1S/C15H18N2O6S/c1-3-13(15(19)22-4-2)24(20,21)17-11-7-5-10(6-8-11)14-12(18)9-23-16-14/h5-9,13,17-18H,3-4H2,1-2H3. The Morgan fingerprint density at radius 1 is 1.33 bits per heavy atom. The summed E-state index contributed by atoms with van der Waals surface area (Å²) in [6.45, 7) is 3.32. The first-order chi connectivity index (χ1) is 11.4. The lowest BCUT2D eigenvalue weighted by atomic mass is 10.1. The molecule has 1 heterocycles. The molecule has 0 radical (unpaired) electrons. The van der Waals surface area contributed by atoms with Crippen molar-refractivity contribution >= 4 is 21.7 Å². The molecular weight excluding hydrogens is 336 g/mol. The second-order valence-electron chi connectivity index (χ2n) is 4.92. The minimum Gasteiger partial charge on any atom is -0.503 e. The van der Waals surface area contributed by atoms with Crippen LogP contribution in [0.4, 0.5) is 5.69 Å². The Balaban J connectivity index is 2.18. The zero-order chi connectivity index (χ0) is 17.7. The fraction of sp³-hybridized carbons (Fsp3) is 0.333. The van der Waals surface area contributed by atoms with Crippen LogP contribution in [0.3, 0.4) is 0 Å². The highest BCUT2D eigenvalue weighted by Crippen LogP contribution is 2.28. The average molecular weight is 354 g/mol. The molecule has 0 saturated carbocycles. The third kappa shape index (κ3) is 3.85. The number of rotatable bonds is 7. The summed E-state index contributed by atoms with van der Waals surface area (Å²) in [7, 11) is -3.93. The van der Waals surface area contributed by atoms with Gasteiger partial charge >= 0.3 is 5.97 Å². The van der Waals surface area contributed by atoms with Crippen molar-refractivity contribution in [1.82, 2.24) is 5.16 Å². The molecular formula is C15H18N2O6S. The molecule has 24 heavy (non-hydrogen) atoms. The van der Waals surface area contributed by atoms with E-state index in [9.17, 15) is 18.3 Å². The van der Waals surface area contributed by atoms with Gasteiger partial charge in [-0.05, 0) is 25.5 Å². The average Bonchev–Trinajstić information content (AvgIpc) is 2.94. The highest BCUT2D eigenvalue weighted by Gasteiger charge is 2.32. The lowest BCUT2D eigenvalue weighted by Gasteiger charge is -2.16. The molecule has 2 rings (SSSR count). The number of nitrogens with one attached hydrogen (secondary N) is 1. The Morgan fingerprint density at radius 2 is 2.00 bits per heavy atom. The van der Waals surface area contributed by atoms with Gasteiger partial charge in [-0.3, -0.25) is 9.52 Å². The van der Waals surface area contributed by atoms with Crippen LogP contribution < -0.4 is 4.72 Å². The minimum absolute atomic E-state index is 0.0963. The molecule has 0 amide bonds. The molecule has 0 aliphatic rings. The lowest BCUT2D eigenvalue weighted by molar-refractivity contribution is -0.142. The number of carbonyl (C=O) groups is 1. The van der Waals surface area contributed by atoms with E-state index in [0.717, 1.165) is 6.26 Å². The van der Waals surface area contributed by atoms with Crippen molar-refractivity contribution in [2.45, 2.75) is 25.5 Å². The van der Waals surface area contributed by atoms with Crippen LogP contribution in [0.1, 0.15) is 20.3 Å². The normalized spacial score (nSPS) is 12.6. The van der Waals surface area contributed by atoms with Gasteiger partial charge in [-0.2, -0.15) is 0 Å². The van der Waals surface area contributed by atoms with Gasteiger partial charge in [0.1, 0.15) is 0 Å². The third-order valence-electron chi connectivity index (χ3n) is 3.26. The Labute approximate surface area is 139 Å². The summed E-state index contributed by atoms with van der Waals surface area (Å²) in [4.78, 5) is 11.8. The van der Waals surface area contributed by atoms with Crippen molar-refractivity contribution < 1.29 is 27.6 Å². The van der Waals surface area contributed by atoms with E-state index in [0.29, 0.717) is 5.56 Å². The van der Waals surface area contributed by atoms with E-state index in [2.05, 4.69) is 14.4 Å². The molecule has 0 spiro atoms. The van der Waals surface area contributed by atoms with E-state index in [-0.39, 0.29) is 30.2 Å². The fourth-order valence-corrected chi connectivity index (χ4v) is 3.48. The summed E-state index contributed by atoms with van der Waals surface area (Å²) in [5.41, 5.74) is 1.09. The van der Waals surface area contributed by atoms with Crippen molar-refractivity contribution in [3.05, 3.63) is 30.5 Å². The monoisotopic (exact) mass is 354 g/mol. The van der Waals surface area contributed by atoms with E-state index in [4.69, 9.17) is 4.74 Å². The van der Waals surface area contributed by atoms with Crippen molar-refractivity contribution in [1.29, 1.82) is 0 Å². The van der Waals surface area contributed by atoms with Crippen molar-refractivity contribution in [2.24, 2.45) is 0 Å². The van der Waals surface area contributed by atoms with Gasteiger partial charge in [-0.15, -0.1) is 0 Å². The number of hydrogen-bond donors (Lipinski definition) is 2. The maximum atomic E-state index is 12.3. The highest BCUT2D eigenvalue weighted by atomic mass is 32.2. The number of sulfonamides is 1. The molecule has 1 unspecified atom stereocenters. The molecule has 2 aromatic rings. The number of anilines is 1. The number of carbonyl (C=O) groups excluding carboxylic acids is 1. The first-order valence-corrected chi connectivity index (χ1v) is 8.85. The first kappa shape index (κ1) is 17.8. The maximum Gasteiger partial charge on any atom is 0.326 e. The number of aromatic hydroxyl groups is 1. The number of esters is 1. The molecule has 1 atom stereocenters. The molecule has 2 N–H and O–H groups in total. The second kappa shape index (κ2) is 7.35. The lowest BCUT2D eigenvalue weighted by Crippen LogP contribution is -2.35. The molecule has 1 aromatic heterocycles. The fourth-order valence-electron chi connectivity index (χ4n) is 2.11. The molecule has 0 aliphatic carbocycles. The highest BCUT2D eigenvalue weighted by molar-refractivity contribution is 7.94. The van der Waals surface area contributed by atoms with Gasteiger partial charge in [-0.25, -0.2) is 8.42 Å². The van der Waals surface area contributed by atoms with E-state index >= 15 is 0 Å². The topological polar surface area (TPSA) is 119 Å². The minimum atomic E-state index is -3.93. The van der Waals surface area contributed by atoms with Gasteiger partial charge in [0.25, 0.3) is 0 Å². The Morgan fingerprint density at radius 3 is 2.50 bits per heavy atom. The van der Waals surface area contributed by atoms with Crippen LogP contribution in [0, 0.1) is 0 Å². The van der Waals surface area contributed by atoms with Gasteiger partial charge in [0.05, 0.1) is 6.61 Å². The molecule has 0 fully saturated rings. The first-order valence-electron chi connectivity index (χ1n) is 7.31. The van der Waals surface area contributed by atoms with E-state index < -0.39 is 21.2 Å². The van der Waals surface area contributed by atoms with Gasteiger partial charge in [0.15, 0.2) is 23.0 Å². The quantitative estimate of drug-likeness (QED) is 0.731. The number of nitrogens with zero attached hydrogens (tertiary/aromatic N) is 1. The largest absolute Gasteiger partial charge is 0.503 e. The molecule has 0 saturated heterocycles. The zero-order valence-corrected chi connectivity index (χ0v) is 14.0. The smallest absolute Gasteiger partial charge is 0.326 e. The van der Waals surface area contributed by atoms with Crippen LogP contribution in [-0.2, 0) is 19.6 Å². The summed E-state index contributed by atoms with van der Waals surface area (Å²) >= 11 is 0. The van der Waals surface area contributed by atoms with Gasteiger partial charge in [0, 0.05) is 11.3 Å². The van der Waals surface area contributed by atoms with Crippen LogP contribution in [0.2, 0.25) is 0 Å². The molecule has 8 nitrogen and oxygen atoms in total. The number of benzene rings is 1. The van der Waals surface area contributed by atoms with Crippen molar-refractivity contribution in [3.63, 3.8) is 0 Å². The number of ether oxygens (including phenoxy) is 1. The van der Waals surface area contributed by atoms with E-state index in [1.54, 1.807) is 26.0 Å². The Hall–Kier alpha value is -2.55. The van der Waals surface area contributed by atoms with Crippen LogP contribution >= 0.6 is 0 Å². The van der Waals surface area contributed by atoms with Crippen LogP contribution in [0.5, 0.6) is 5.75 Å². The second-order valence-corrected chi connectivity index (χ2v) is 6.78. The molecule has 130 valence electrons. The van der Waals surface area contributed by atoms with E-state index in [1.807, 2.05) is 0 Å². The summed E-state index contributed by atoms with van der Waals surface area (Å²) in [6, 6.07) is 6.14. The molecule has 0 aliphatic heterocycles. The Kier molecular flexibility index (Phi) is 5.45. The summed E-state index contributed by atoms with van der Waals surface area (Å²) < 4.78 is 36.5. The molecule has 0 bridgehead atoms. The van der Waals surface area contributed by atoms with Crippen molar-refractivity contribution in [3.8, 4) is 17.0 Å². The number of aromatic nitrogens is 1. The summed E-state index contributed by atoms with van der Waals surface area (Å²) in [5, 5.41) is 11.9. The molecule has 9 heteroatoms. The SMILES string of the molecule is CCOC(=O)C(CC)S(=O)(=O)Nc1ccc(-c2nocc2O)cc1. The third-order valence-corrected chi connectivity index (χ3v) is 5.06. The van der Waals surface area contributed by atoms with Gasteiger partial charge in [-0.1, -0.05) is 24.2 Å². The predicted molar refractivity (Wildman–Crippen MR) is 86.9 cm³/mol. The van der Waals surface area contributed by atoms with Gasteiger partial charge in [0.2, 0.25) is 10.0 Å². The Bertz CT molecular complexity index is 798. The van der Waals surface area contributed by atoms with E-state index in [1.165, 1.54) is 12.1 Å². The molecule has 1 aromatic carbocycles. The number of hydrogen-bond acceptors (Lipinski definition) is 7. The van der Waals surface area contributed by atoms with Gasteiger partial charge < -0.3 is 14.4 Å². The predicted octanol–water partition coefficient (Wildman–Crippen LogP) is 2.13. The van der Waals surface area contributed by atoms with Crippen LogP contribution in [-0.4, -0.2) is 36.5 Å². The van der Waals surface area contributed by atoms with Crippen LogP contribution in [0.15, 0.2) is 35.1 Å². The summed E-state index contributed by atoms with van der Waals surface area (Å²) in [6.07, 6.45) is 1.19. The zero-order valence-electron chi connectivity index (χ0n) is 13.2. The van der Waals surface area contributed by atoms with Crippen molar-refractivity contribution in [2.75, 3.05) is 11.3 Å². The maximum absolute atomic E-state index is 12.3. The summed E-state index contributed by atoms with van der Waals surface area (Å²) in [5.74, 6) is -0.895.